The minimum absolute atomic E-state index is 0.312. The monoisotopic (exact) mass is 235 g/mol. The molecular formula is C15H25NO. The van der Waals surface area contributed by atoms with Crippen molar-refractivity contribution in [2.75, 3.05) is 13.2 Å². The maximum Gasteiger partial charge on any atom is 0.0518 e. The topological polar surface area (TPSA) is 35.2 Å². The largest absolute Gasteiger partial charge is 0.379 e. The highest BCUT2D eigenvalue weighted by Gasteiger charge is 2.09. The number of rotatable bonds is 7. The van der Waals surface area contributed by atoms with Crippen molar-refractivity contribution in [3.8, 4) is 0 Å². The maximum atomic E-state index is 5.83. The Labute approximate surface area is 105 Å². The maximum absolute atomic E-state index is 5.83. The van der Waals surface area contributed by atoms with Gasteiger partial charge in [-0.15, -0.1) is 0 Å². The summed E-state index contributed by atoms with van der Waals surface area (Å²) >= 11 is 0. The second kappa shape index (κ2) is 7.46. The van der Waals surface area contributed by atoms with E-state index in [0.29, 0.717) is 12.0 Å². The first-order valence-electron chi connectivity index (χ1n) is 6.49. The molecule has 0 saturated heterocycles. The molecule has 1 rings (SSSR count). The van der Waals surface area contributed by atoms with Crippen molar-refractivity contribution in [3.63, 3.8) is 0 Å². The molecule has 0 spiro atoms. The van der Waals surface area contributed by atoms with Gasteiger partial charge in [0, 0.05) is 6.61 Å². The number of nitrogens with two attached hydrogens (primary N) is 1. The van der Waals surface area contributed by atoms with E-state index in [0.717, 1.165) is 26.0 Å². The highest BCUT2D eigenvalue weighted by molar-refractivity contribution is 5.25. The Bertz CT molecular complexity index is 322. The minimum Gasteiger partial charge on any atom is -0.379 e. The van der Waals surface area contributed by atoms with E-state index < -0.39 is 0 Å². The fraction of sp³-hybridized carbons (Fsp3) is 0.600. The highest BCUT2D eigenvalue weighted by atomic mass is 16.5. The van der Waals surface area contributed by atoms with Crippen LogP contribution in [0.5, 0.6) is 0 Å². The van der Waals surface area contributed by atoms with E-state index in [-0.39, 0.29) is 0 Å². The molecule has 0 fully saturated rings. The summed E-state index contributed by atoms with van der Waals surface area (Å²) in [5.41, 5.74) is 8.60. The van der Waals surface area contributed by atoms with Crippen molar-refractivity contribution in [2.24, 2.45) is 11.7 Å². The Balaban J connectivity index is 2.44. The standard InChI is InChI=1S/C15H25NO/c1-12(2)17-9-8-14(11-16)10-15-7-5-4-6-13(15)3/h4-7,12,14H,8-11,16H2,1-3H3. The van der Waals surface area contributed by atoms with E-state index in [4.69, 9.17) is 10.5 Å². The van der Waals surface area contributed by atoms with Gasteiger partial charge in [-0.3, -0.25) is 0 Å². The van der Waals surface area contributed by atoms with Crippen LogP contribution < -0.4 is 5.73 Å². The Kier molecular flexibility index (Phi) is 6.23. The van der Waals surface area contributed by atoms with Crippen LogP contribution in [0.2, 0.25) is 0 Å². The summed E-state index contributed by atoms with van der Waals surface area (Å²) in [7, 11) is 0. The van der Waals surface area contributed by atoms with Crippen LogP contribution in [0.3, 0.4) is 0 Å². The Morgan fingerprint density at radius 1 is 1.24 bits per heavy atom. The third-order valence-electron chi connectivity index (χ3n) is 3.08. The molecule has 0 saturated carbocycles. The van der Waals surface area contributed by atoms with E-state index in [9.17, 15) is 0 Å². The predicted octanol–water partition coefficient (Wildman–Crippen LogP) is 2.93. The Hall–Kier alpha value is -0.860. The molecule has 0 amide bonds. The van der Waals surface area contributed by atoms with Crippen LogP contribution in [0.15, 0.2) is 24.3 Å². The average molecular weight is 235 g/mol. The van der Waals surface area contributed by atoms with Crippen molar-refractivity contribution < 1.29 is 4.74 Å². The van der Waals surface area contributed by atoms with E-state index in [2.05, 4.69) is 45.0 Å². The first-order valence-corrected chi connectivity index (χ1v) is 6.49. The molecule has 0 radical (unpaired) electrons. The molecule has 1 atom stereocenters. The summed E-state index contributed by atoms with van der Waals surface area (Å²) in [4.78, 5) is 0. The van der Waals surface area contributed by atoms with Gasteiger partial charge in [0.25, 0.3) is 0 Å². The summed E-state index contributed by atoms with van der Waals surface area (Å²) in [5, 5.41) is 0. The van der Waals surface area contributed by atoms with E-state index >= 15 is 0 Å². The van der Waals surface area contributed by atoms with Crippen LogP contribution in [0.1, 0.15) is 31.4 Å². The molecule has 1 aromatic carbocycles. The van der Waals surface area contributed by atoms with Gasteiger partial charge < -0.3 is 10.5 Å². The van der Waals surface area contributed by atoms with Crippen LogP contribution in [0.25, 0.3) is 0 Å². The van der Waals surface area contributed by atoms with Gasteiger partial charge in [0.05, 0.1) is 6.10 Å². The van der Waals surface area contributed by atoms with Crippen molar-refractivity contribution >= 4 is 0 Å². The van der Waals surface area contributed by atoms with E-state index in [1.807, 2.05) is 0 Å². The van der Waals surface area contributed by atoms with Gasteiger partial charge in [0.2, 0.25) is 0 Å². The Morgan fingerprint density at radius 3 is 2.53 bits per heavy atom. The van der Waals surface area contributed by atoms with Crippen LogP contribution in [-0.4, -0.2) is 19.3 Å². The highest BCUT2D eigenvalue weighted by Crippen LogP contribution is 2.15. The number of hydrogen-bond donors (Lipinski definition) is 1. The lowest BCUT2D eigenvalue weighted by Crippen LogP contribution is -2.20. The first kappa shape index (κ1) is 14.2. The Morgan fingerprint density at radius 2 is 1.94 bits per heavy atom. The van der Waals surface area contributed by atoms with Crippen LogP contribution in [0.4, 0.5) is 0 Å². The molecule has 0 bridgehead atoms. The molecule has 0 aliphatic carbocycles. The number of benzene rings is 1. The molecule has 2 heteroatoms. The molecular weight excluding hydrogens is 210 g/mol. The van der Waals surface area contributed by atoms with Crippen LogP contribution >= 0.6 is 0 Å². The minimum atomic E-state index is 0.312. The lowest BCUT2D eigenvalue weighted by molar-refractivity contribution is 0.0690. The molecule has 0 aliphatic rings. The zero-order valence-corrected chi connectivity index (χ0v) is 11.3. The van der Waals surface area contributed by atoms with Crippen molar-refractivity contribution in [1.29, 1.82) is 0 Å². The average Bonchev–Trinajstić information content (AvgIpc) is 2.30. The number of aryl methyl sites for hydroxylation is 1. The summed E-state index contributed by atoms with van der Waals surface area (Å²) in [5.74, 6) is 0.523. The normalized spacial score (nSPS) is 13.0. The van der Waals surface area contributed by atoms with Crippen molar-refractivity contribution in [1.82, 2.24) is 0 Å². The molecule has 0 aromatic heterocycles. The predicted molar refractivity (Wildman–Crippen MR) is 73.1 cm³/mol. The van der Waals surface area contributed by atoms with E-state index in [1.165, 1.54) is 11.1 Å². The summed E-state index contributed by atoms with van der Waals surface area (Å²) < 4.78 is 5.59. The van der Waals surface area contributed by atoms with Gasteiger partial charge in [-0.25, -0.2) is 0 Å². The van der Waals surface area contributed by atoms with E-state index in [1.54, 1.807) is 0 Å². The number of ether oxygens (including phenoxy) is 1. The van der Waals surface area contributed by atoms with Crippen LogP contribution in [-0.2, 0) is 11.2 Å². The van der Waals surface area contributed by atoms with Gasteiger partial charge in [-0.05, 0) is 57.2 Å². The summed E-state index contributed by atoms with van der Waals surface area (Å²) in [6, 6.07) is 8.54. The van der Waals surface area contributed by atoms with Gasteiger partial charge in [-0.1, -0.05) is 24.3 Å². The van der Waals surface area contributed by atoms with Gasteiger partial charge >= 0.3 is 0 Å². The third-order valence-corrected chi connectivity index (χ3v) is 3.08. The summed E-state index contributed by atoms with van der Waals surface area (Å²) in [6.45, 7) is 7.84. The van der Waals surface area contributed by atoms with Crippen molar-refractivity contribution in [3.05, 3.63) is 35.4 Å². The zero-order chi connectivity index (χ0) is 12.7. The van der Waals surface area contributed by atoms with Gasteiger partial charge in [0.1, 0.15) is 0 Å². The summed E-state index contributed by atoms with van der Waals surface area (Å²) in [6.07, 6.45) is 2.42. The number of hydrogen-bond acceptors (Lipinski definition) is 2. The second-order valence-corrected chi connectivity index (χ2v) is 4.94. The first-order chi connectivity index (χ1) is 8.13. The third kappa shape index (κ3) is 5.33. The molecule has 17 heavy (non-hydrogen) atoms. The lowest BCUT2D eigenvalue weighted by Gasteiger charge is -2.17. The molecule has 2 nitrogen and oxygen atoms in total. The molecule has 96 valence electrons. The lowest BCUT2D eigenvalue weighted by atomic mass is 9.94. The zero-order valence-electron chi connectivity index (χ0n) is 11.3. The van der Waals surface area contributed by atoms with Gasteiger partial charge in [0.15, 0.2) is 0 Å². The fourth-order valence-corrected chi connectivity index (χ4v) is 1.92. The molecule has 1 unspecified atom stereocenters. The quantitative estimate of drug-likeness (QED) is 0.788. The van der Waals surface area contributed by atoms with Crippen LogP contribution in [0, 0.1) is 12.8 Å². The van der Waals surface area contributed by atoms with Crippen molar-refractivity contribution in [2.45, 2.75) is 39.7 Å². The smallest absolute Gasteiger partial charge is 0.0518 e. The SMILES string of the molecule is Cc1ccccc1CC(CN)CCOC(C)C. The molecule has 1 aromatic rings. The molecule has 2 N–H and O–H groups in total. The fourth-order valence-electron chi connectivity index (χ4n) is 1.92. The second-order valence-electron chi connectivity index (χ2n) is 4.94. The molecule has 0 heterocycles. The van der Waals surface area contributed by atoms with Gasteiger partial charge in [-0.2, -0.15) is 0 Å². The molecule has 0 aliphatic heterocycles.